The van der Waals surface area contributed by atoms with Crippen LogP contribution in [-0.4, -0.2) is 14.7 Å². The highest BCUT2D eigenvalue weighted by atomic mass is 16.3. The van der Waals surface area contributed by atoms with Crippen molar-refractivity contribution in [3.05, 3.63) is 74.9 Å². The van der Waals surface area contributed by atoms with Gasteiger partial charge in [0.25, 0.3) is 5.56 Å². The van der Waals surface area contributed by atoms with E-state index in [-0.39, 0.29) is 11.3 Å². The third kappa shape index (κ3) is 2.58. The lowest BCUT2D eigenvalue weighted by Crippen LogP contribution is -2.35. The molecule has 0 unspecified atom stereocenters. The Morgan fingerprint density at radius 2 is 1.71 bits per heavy atom. The van der Waals surface area contributed by atoms with Crippen molar-refractivity contribution in [2.45, 2.75) is 13.0 Å². The molecule has 0 radical (unpaired) electrons. The summed E-state index contributed by atoms with van der Waals surface area (Å²) in [6, 6.07) is 13.7. The van der Waals surface area contributed by atoms with Crippen molar-refractivity contribution in [2.75, 3.05) is 0 Å². The molecule has 0 saturated carbocycles. The van der Waals surface area contributed by atoms with Crippen molar-refractivity contribution >= 4 is 10.9 Å². The van der Waals surface area contributed by atoms with Gasteiger partial charge in [-0.05, 0) is 36.2 Å². The molecule has 2 aromatic carbocycles. The maximum absolute atomic E-state index is 12.3. The highest BCUT2D eigenvalue weighted by Crippen LogP contribution is 2.10. The van der Waals surface area contributed by atoms with Gasteiger partial charge in [0.15, 0.2) is 0 Å². The van der Waals surface area contributed by atoms with Gasteiger partial charge in [0.1, 0.15) is 5.75 Å². The Morgan fingerprint density at radius 1 is 1.00 bits per heavy atom. The lowest BCUT2D eigenvalue weighted by atomic mass is 10.1. The molecule has 0 bridgehead atoms. The molecule has 0 spiro atoms. The van der Waals surface area contributed by atoms with Crippen LogP contribution in [0, 0.1) is 0 Å². The molecule has 106 valence electrons. The molecule has 21 heavy (non-hydrogen) atoms. The van der Waals surface area contributed by atoms with E-state index in [0.717, 1.165) is 5.56 Å². The maximum atomic E-state index is 12.3. The molecule has 0 amide bonds. The number of benzene rings is 2. The molecule has 0 aliphatic carbocycles. The van der Waals surface area contributed by atoms with Gasteiger partial charge in [0, 0.05) is 6.54 Å². The van der Waals surface area contributed by atoms with Crippen molar-refractivity contribution in [1.29, 1.82) is 0 Å². The molecule has 0 aliphatic heterocycles. The summed E-state index contributed by atoms with van der Waals surface area (Å²) in [5, 5.41) is 9.74. The molecule has 1 heterocycles. The van der Waals surface area contributed by atoms with Gasteiger partial charge in [0.05, 0.1) is 10.9 Å². The average molecular weight is 282 g/mol. The monoisotopic (exact) mass is 282 g/mol. The number of nitrogens with one attached hydrogen (secondary N) is 1. The minimum atomic E-state index is -0.405. The highest BCUT2D eigenvalue weighted by molar-refractivity contribution is 5.76. The van der Waals surface area contributed by atoms with Gasteiger partial charge < -0.3 is 10.1 Å². The van der Waals surface area contributed by atoms with Crippen molar-refractivity contribution in [3.8, 4) is 5.75 Å². The maximum Gasteiger partial charge on any atom is 0.328 e. The van der Waals surface area contributed by atoms with Crippen LogP contribution in [0.5, 0.6) is 5.75 Å². The van der Waals surface area contributed by atoms with Crippen LogP contribution in [0.2, 0.25) is 0 Å². The predicted octanol–water partition coefficient (Wildman–Crippen LogP) is 1.64. The number of fused-ring (bicyclic) bond motifs is 1. The second kappa shape index (κ2) is 5.28. The standard InChI is InChI=1S/C16H14N2O3/c19-12-7-5-11(6-8-12)9-10-18-15(20)13-3-1-2-4-14(13)17-16(18)21/h1-8,19H,9-10H2,(H,17,21). The fourth-order valence-corrected chi connectivity index (χ4v) is 2.31. The van der Waals surface area contributed by atoms with Crippen LogP contribution >= 0.6 is 0 Å². The summed E-state index contributed by atoms with van der Waals surface area (Å²) in [5.41, 5.74) is 0.811. The molecule has 3 aromatic rings. The predicted molar refractivity (Wildman–Crippen MR) is 80.6 cm³/mol. The minimum Gasteiger partial charge on any atom is -0.508 e. The van der Waals surface area contributed by atoms with Gasteiger partial charge in [-0.2, -0.15) is 0 Å². The van der Waals surface area contributed by atoms with Gasteiger partial charge in [0.2, 0.25) is 0 Å². The van der Waals surface area contributed by atoms with Crippen LogP contribution in [0.4, 0.5) is 0 Å². The van der Waals surface area contributed by atoms with Gasteiger partial charge >= 0.3 is 5.69 Å². The topological polar surface area (TPSA) is 75.1 Å². The molecule has 5 heteroatoms. The quantitative estimate of drug-likeness (QED) is 0.767. The molecule has 0 fully saturated rings. The fraction of sp³-hybridized carbons (Fsp3) is 0.125. The van der Waals surface area contributed by atoms with E-state index in [2.05, 4.69) is 4.98 Å². The van der Waals surface area contributed by atoms with E-state index in [0.29, 0.717) is 23.9 Å². The third-order valence-corrected chi connectivity index (χ3v) is 3.45. The van der Waals surface area contributed by atoms with E-state index in [4.69, 9.17) is 0 Å². The molecule has 0 atom stereocenters. The number of phenols is 1. The summed E-state index contributed by atoms with van der Waals surface area (Å²) in [7, 11) is 0. The molecule has 2 N–H and O–H groups in total. The molecule has 1 aromatic heterocycles. The first-order chi connectivity index (χ1) is 10.1. The first-order valence-electron chi connectivity index (χ1n) is 6.65. The lowest BCUT2D eigenvalue weighted by Gasteiger charge is -2.06. The van der Waals surface area contributed by atoms with E-state index in [1.807, 2.05) is 0 Å². The molecule has 3 rings (SSSR count). The lowest BCUT2D eigenvalue weighted by molar-refractivity contribution is 0.475. The SMILES string of the molecule is O=c1[nH]c2ccccc2c(=O)n1CCc1ccc(O)cc1. The van der Waals surface area contributed by atoms with Crippen LogP contribution < -0.4 is 11.2 Å². The number of hydrogen-bond acceptors (Lipinski definition) is 3. The number of hydrogen-bond donors (Lipinski definition) is 2. The zero-order valence-corrected chi connectivity index (χ0v) is 11.2. The first-order valence-corrected chi connectivity index (χ1v) is 6.65. The molecular weight excluding hydrogens is 268 g/mol. The van der Waals surface area contributed by atoms with Crippen molar-refractivity contribution < 1.29 is 5.11 Å². The smallest absolute Gasteiger partial charge is 0.328 e. The molecule has 5 nitrogen and oxygen atoms in total. The summed E-state index contributed by atoms with van der Waals surface area (Å²) in [6.45, 7) is 0.295. The Balaban J connectivity index is 1.95. The fourth-order valence-electron chi connectivity index (χ4n) is 2.31. The number of aromatic nitrogens is 2. The van der Waals surface area contributed by atoms with Gasteiger partial charge in [-0.3, -0.25) is 9.36 Å². The Hall–Kier alpha value is -2.82. The third-order valence-electron chi connectivity index (χ3n) is 3.45. The van der Waals surface area contributed by atoms with Gasteiger partial charge in [-0.25, -0.2) is 4.79 Å². The number of aromatic hydroxyl groups is 1. The number of H-pyrrole nitrogens is 1. The first kappa shape index (κ1) is 13.2. The number of rotatable bonds is 3. The normalized spacial score (nSPS) is 10.9. The zero-order valence-electron chi connectivity index (χ0n) is 11.2. The minimum absolute atomic E-state index is 0.194. The van der Waals surface area contributed by atoms with E-state index in [1.54, 1.807) is 48.5 Å². The Morgan fingerprint density at radius 3 is 2.48 bits per heavy atom. The van der Waals surface area contributed by atoms with Crippen LogP contribution in [0.15, 0.2) is 58.1 Å². The Kier molecular flexibility index (Phi) is 3.31. The van der Waals surface area contributed by atoms with E-state index in [1.165, 1.54) is 4.57 Å². The number of para-hydroxylation sites is 1. The van der Waals surface area contributed by atoms with Crippen LogP contribution in [0.3, 0.4) is 0 Å². The number of aryl methyl sites for hydroxylation is 1. The second-order valence-corrected chi connectivity index (χ2v) is 4.85. The summed E-state index contributed by atoms with van der Waals surface area (Å²) in [4.78, 5) is 27.0. The summed E-state index contributed by atoms with van der Waals surface area (Å²) >= 11 is 0. The molecule has 0 saturated heterocycles. The van der Waals surface area contributed by atoms with Crippen LogP contribution in [0.1, 0.15) is 5.56 Å². The number of aromatic amines is 1. The zero-order chi connectivity index (χ0) is 14.8. The van der Waals surface area contributed by atoms with Crippen molar-refractivity contribution in [3.63, 3.8) is 0 Å². The van der Waals surface area contributed by atoms with Crippen LogP contribution in [0.25, 0.3) is 10.9 Å². The highest BCUT2D eigenvalue weighted by Gasteiger charge is 2.07. The molecule has 0 aliphatic rings. The van der Waals surface area contributed by atoms with E-state index < -0.39 is 5.69 Å². The number of phenolic OH excluding ortho intramolecular Hbond substituents is 1. The summed E-state index contributed by atoms with van der Waals surface area (Å²) in [5.74, 6) is 0.194. The molecular formula is C16H14N2O3. The Labute approximate surface area is 120 Å². The summed E-state index contributed by atoms with van der Waals surface area (Å²) in [6.07, 6.45) is 0.543. The van der Waals surface area contributed by atoms with E-state index in [9.17, 15) is 14.7 Å². The number of nitrogens with zero attached hydrogens (tertiary/aromatic N) is 1. The van der Waals surface area contributed by atoms with E-state index >= 15 is 0 Å². The summed E-state index contributed by atoms with van der Waals surface area (Å²) < 4.78 is 1.20. The van der Waals surface area contributed by atoms with Crippen molar-refractivity contribution in [2.24, 2.45) is 0 Å². The average Bonchev–Trinajstić information content (AvgIpc) is 2.49. The van der Waals surface area contributed by atoms with Crippen molar-refractivity contribution in [1.82, 2.24) is 9.55 Å². The largest absolute Gasteiger partial charge is 0.508 e. The Bertz CT molecular complexity index is 892. The van der Waals surface area contributed by atoms with Gasteiger partial charge in [-0.15, -0.1) is 0 Å². The van der Waals surface area contributed by atoms with Crippen LogP contribution in [-0.2, 0) is 13.0 Å². The second-order valence-electron chi connectivity index (χ2n) is 4.85. The van der Waals surface area contributed by atoms with Gasteiger partial charge in [-0.1, -0.05) is 24.3 Å².